The number of hydrogen-bond donors (Lipinski definition) is 0. The highest BCUT2D eigenvalue weighted by Crippen LogP contribution is 2.57. The van der Waals surface area contributed by atoms with Crippen LogP contribution in [-0.4, -0.2) is 62.4 Å². The van der Waals surface area contributed by atoms with E-state index in [4.69, 9.17) is 14.2 Å². The molecule has 2 amide bonds. The Morgan fingerprint density at radius 3 is 2.21 bits per heavy atom. The summed E-state index contributed by atoms with van der Waals surface area (Å²) in [7, 11) is 1.37. The van der Waals surface area contributed by atoms with E-state index in [9.17, 15) is 14.4 Å². The minimum Gasteiger partial charge on any atom is -0.468 e. The number of hydrogen-bond acceptors (Lipinski definition) is 8. The van der Waals surface area contributed by atoms with E-state index in [1.807, 2.05) is 31.3 Å². The lowest BCUT2D eigenvalue weighted by Gasteiger charge is -2.30. The Kier molecular flexibility index (Phi) is 8.53. The molecule has 2 aromatic heterocycles. The first-order valence-electron chi connectivity index (χ1n) is 13.0. The van der Waals surface area contributed by atoms with Gasteiger partial charge in [-0.3, -0.25) is 9.36 Å². The molecule has 0 saturated heterocycles. The quantitative estimate of drug-likeness (QED) is 0.336. The summed E-state index contributed by atoms with van der Waals surface area (Å²) in [6.07, 6.45) is 5.47. The van der Waals surface area contributed by atoms with Gasteiger partial charge in [-0.05, 0) is 78.4 Å². The number of ether oxygens (including phenoxy) is 3. The third-order valence-electron chi connectivity index (χ3n) is 6.47. The smallest absolute Gasteiger partial charge is 0.419 e. The molecular weight excluding hydrogens is 488 g/mol. The molecule has 0 N–H and O–H groups in total. The van der Waals surface area contributed by atoms with Gasteiger partial charge in [-0.25, -0.2) is 24.5 Å². The van der Waals surface area contributed by atoms with Crippen molar-refractivity contribution in [2.75, 3.05) is 13.7 Å². The van der Waals surface area contributed by atoms with Gasteiger partial charge in [0, 0.05) is 18.9 Å². The van der Waals surface area contributed by atoms with Crippen molar-refractivity contribution < 1.29 is 28.6 Å². The van der Waals surface area contributed by atoms with E-state index < -0.39 is 28.8 Å². The summed E-state index contributed by atoms with van der Waals surface area (Å²) >= 11 is 0. The van der Waals surface area contributed by atoms with Gasteiger partial charge in [0.15, 0.2) is 0 Å². The summed E-state index contributed by atoms with van der Waals surface area (Å²) in [4.78, 5) is 48.9. The number of carbonyl (C=O) groups is 3. The van der Waals surface area contributed by atoms with Gasteiger partial charge in [0.05, 0.1) is 12.8 Å². The Morgan fingerprint density at radius 1 is 1.08 bits per heavy atom. The zero-order valence-corrected chi connectivity index (χ0v) is 23.7. The minimum atomic E-state index is -0.884. The number of imidazole rings is 1. The van der Waals surface area contributed by atoms with E-state index in [0.29, 0.717) is 30.8 Å². The van der Waals surface area contributed by atoms with Crippen LogP contribution in [0.5, 0.6) is 0 Å². The van der Waals surface area contributed by atoms with Crippen molar-refractivity contribution in [1.82, 2.24) is 19.4 Å². The van der Waals surface area contributed by atoms with Crippen LogP contribution in [0, 0.1) is 11.8 Å². The summed E-state index contributed by atoms with van der Waals surface area (Å²) in [5.74, 6) is 0.190. The van der Waals surface area contributed by atoms with E-state index in [-0.39, 0.29) is 24.3 Å². The van der Waals surface area contributed by atoms with Gasteiger partial charge < -0.3 is 14.2 Å². The second kappa shape index (κ2) is 11.1. The number of amides is 2. The molecule has 0 bridgehead atoms. The van der Waals surface area contributed by atoms with Crippen molar-refractivity contribution in [3.05, 3.63) is 42.6 Å². The normalized spacial score (nSPS) is 19.8. The van der Waals surface area contributed by atoms with Crippen molar-refractivity contribution >= 4 is 18.2 Å². The number of carbonyl (C=O) groups excluding carboxylic acids is 3. The number of rotatable bonds is 8. The van der Waals surface area contributed by atoms with Gasteiger partial charge in [-0.1, -0.05) is 19.4 Å². The largest absolute Gasteiger partial charge is 0.468 e. The summed E-state index contributed by atoms with van der Waals surface area (Å²) < 4.78 is 18.0. The van der Waals surface area contributed by atoms with Crippen molar-refractivity contribution in [3.8, 4) is 5.82 Å². The predicted molar refractivity (Wildman–Crippen MR) is 141 cm³/mol. The van der Waals surface area contributed by atoms with Gasteiger partial charge in [0.2, 0.25) is 0 Å². The maximum absolute atomic E-state index is 13.0. The molecule has 2 aromatic rings. The molecule has 0 aromatic carbocycles. The molecule has 0 unspecified atom stereocenters. The molecule has 208 valence electrons. The number of esters is 1. The second-order valence-corrected chi connectivity index (χ2v) is 11.8. The van der Waals surface area contributed by atoms with Crippen molar-refractivity contribution in [2.45, 2.75) is 84.3 Å². The highest BCUT2D eigenvalue weighted by molar-refractivity contribution is 5.88. The first kappa shape index (κ1) is 29.1. The van der Waals surface area contributed by atoms with Crippen molar-refractivity contribution in [3.63, 3.8) is 0 Å². The molecule has 10 nitrogen and oxygen atoms in total. The van der Waals surface area contributed by atoms with Crippen LogP contribution in [-0.2, 0) is 24.4 Å². The molecule has 2 heterocycles. The van der Waals surface area contributed by atoms with Crippen molar-refractivity contribution in [2.24, 2.45) is 11.8 Å². The van der Waals surface area contributed by atoms with Crippen LogP contribution >= 0.6 is 0 Å². The first-order chi connectivity index (χ1) is 17.7. The van der Waals surface area contributed by atoms with Crippen LogP contribution in [0.2, 0.25) is 0 Å². The molecular formula is C28H40N4O6. The average Bonchev–Trinajstić information content (AvgIpc) is 3.32. The summed E-state index contributed by atoms with van der Waals surface area (Å²) in [5, 5.41) is 0. The summed E-state index contributed by atoms with van der Waals surface area (Å²) in [5.41, 5.74) is -1.82. The molecule has 10 heteroatoms. The monoisotopic (exact) mass is 528 g/mol. The molecule has 1 saturated carbocycles. The molecule has 1 fully saturated rings. The average molecular weight is 529 g/mol. The SMILES string of the molecule is CC[C@H](C[C@@H]1C[C@@]1(C(=O)OC)c1cn(-c2ccccn2)cn1)CN(C(=O)OC(C)(C)C)C(=O)OC(C)(C)C. The number of aromatic nitrogens is 3. The van der Waals surface area contributed by atoms with E-state index in [1.165, 1.54) is 7.11 Å². The van der Waals surface area contributed by atoms with E-state index in [0.717, 1.165) is 4.90 Å². The second-order valence-electron chi connectivity index (χ2n) is 11.8. The van der Waals surface area contributed by atoms with Gasteiger partial charge in [-0.2, -0.15) is 0 Å². The Balaban J connectivity index is 1.81. The highest BCUT2D eigenvalue weighted by atomic mass is 16.6. The van der Waals surface area contributed by atoms with Crippen LogP contribution in [0.3, 0.4) is 0 Å². The third-order valence-corrected chi connectivity index (χ3v) is 6.47. The lowest BCUT2D eigenvalue weighted by atomic mass is 9.92. The van der Waals surface area contributed by atoms with Crippen molar-refractivity contribution in [1.29, 1.82) is 0 Å². The van der Waals surface area contributed by atoms with Crippen LogP contribution in [0.4, 0.5) is 9.59 Å². The highest BCUT2D eigenvalue weighted by Gasteiger charge is 2.63. The maximum atomic E-state index is 13.0. The molecule has 0 aliphatic heterocycles. The number of pyridine rings is 1. The zero-order valence-electron chi connectivity index (χ0n) is 23.7. The molecule has 3 atom stereocenters. The van der Waals surface area contributed by atoms with Crippen LogP contribution in [0.1, 0.15) is 73.4 Å². The number of methoxy groups -OCH3 is 1. The van der Waals surface area contributed by atoms with Crippen LogP contribution in [0.25, 0.3) is 5.82 Å². The Labute approximate surface area is 224 Å². The lowest BCUT2D eigenvalue weighted by Crippen LogP contribution is -2.45. The van der Waals surface area contributed by atoms with Gasteiger partial charge in [0.1, 0.15) is 28.8 Å². The Bertz CT molecular complexity index is 1110. The fourth-order valence-corrected chi connectivity index (χ4v) is 4.54. The standard InChI is InChI=1S/C28H40N4O6/c1-9-19(16-32(24(34)37-26(2,3)4)25(35)38-27(5,6)7)14-20-15-28(20,23(33)36-8)21-17-31(18-30-21)22-12-10-11-13-29-22/h10-13,17-20H,9,14-16H2,1-8H3/t19-,20-,28+/m1/s1. The number of nitrogens with zero attached hydrogens (tertiary/aromatic N) is 4. The Hall–Kier alpha value is -3.43. The molecule has 38 heavy (non-hydrogen) atoms. The topological polar surface area (TPSA) is 113 Å². The Morgan fingerprint density at radius 2 is 1.71 bits per heavy atom. The first-order valence-corrected chi connectivity index (χ1v) is 13.0. The molecule has 0 radical (unpaired) electrons. The molecule has 1 aliphatic rings. The zero-order chi connectivity index (χ0) is 28.3. The van der Waals surface area contributed by atoms with Gasteiger partial charge in [-0.15, -0.1) is 0 Å². The predicted octanol–water partition coefficient (Wildman–Crippen LogP) is 5.29. The minimum absolute atomic E-state index is 0.0638. The fourth-order valence-electron chi connectivity index (χ4n) is 4.54. The van der Waals surface area contributed by atoms with E-state index >= 15 is 0 Å². The maximum Gasteiger partial charge on any atom is 0.419 e. The molecule has 3 rings (SSSR count). The van der Waals surface area contributed by atoms with E-state index in [2.05, 4.69) is 9.97 Å². The number of imide groups is 1. The molecule has 0 spiro atoms. The summed E-state index contributed by atoms with van der Waals surface area (Å²) in [6.45, 7) is 12.6. The van der Waals surface area contributed by atoms with Crippen LogP contribution in [0.15, 0.2) is 36.9 Å². The van der Waals surface area contributed by atoms with Crippen LogP contribution < -0.4 is 0 Å². The third kappa shape index (κ3) is 6.90. The molecule has 1 aliphatic carbocycles. The van der Waals surface area contributed by atoms with E-state index in [1.54, 1.807) is 58.6 Å². The lowest BCUT2D eigenvalue weighted by molar-refractivity contribution is -0.144. The van der Waals surface area contributed by atoms with Gasteiger partial charge >= 0.3 is 18.2 Å². The summed E-state index contributed by atoms with van der Waals surface area (Å²) in [6, 6.07) is 5.57. The van der Waals surface area contributed by atoms with Gasteiger partial charge in [0.25, 0.3) is 0 Å². The fraction of sp³-hybridized carbons (Fsp3) is 0.607.